The van der Waals surface area contributed by atoms with Crippen molar-refractivity contribution in [3.63, 3.8) is 0 Å². The Morgan fingerprint density at radius 2 is 2.05 bits per heavy atom. The monoisotopic (exact) mass is 335 g/mol. The Balaban J connectivity index is 2.30. The van der Waals surface area contributed by atoms with Crippen molar-refractivity contribution in [2.45, 2.75) is 18.0 Å². The van der Waals surface area contributed by atoms with Crippen molar-refractivity contribution < 1.29 is 12.9 Å². The maximum absolute atomic E-state index is 12.2. The Labute approximate surface area is 125 Å². The van der Waals surface area contributed by atoms with E-state index in [1.54, 1.807) is 6.07 Å². The van der Waals surface area contributed by atoms with Gasteiger partial charge in [-0.3, -0.25) is 0 Å². The summed E-state index contributed by atoms with van der Waals surface area (Å²) in [6.07, 6.45) is 1.42. The minimum Gasteiger partial charge on any atom is -0.360 e. The van der Waals surface area contributed by atoms with Crippen molar-refractivity contribution in [2.24, 2.45) is 5.73 Å². The summed E-state index contributed by atoms with van der Waals surface area (Å²) in [7, 11) is -3.80. The molecule has 0 aliphatic carbocycles. The van der Waals surface area contributed by atoms with Crippen LogP contribution in [0.2, 0.25) is 10.0 Å². The summed E-state index contributed by atoms with van der Waals surface area (Å²) in [5, 5.41) is 3.83. The smallest absolute Gasteiger partial charge is 0.242 e. The molecule has 0 spiro atoms. The van der Waals surface area contributed by atoms with E-state index in [0.717, 1.165) is 0 Å². The average molecular weight is 336 g/mol. The van der Waals surface area contributed by atoms with Gasteiger partial charge < -0.3 is 10.3 Å². The molecule has 6 nitrogen and oxygen atoms in total. The third kappa shape index (κ3) is 3.13. The van der Waals surface area contributed by atoms with Crippen LogP contribution in [-0.4, -0.2) is 13.6 Å². The van der Waals surface area contributed by atoms with Gasteiger partial charge >= 0.3 is 0 Å². The summed E-state index contributed by atoms with van der Waals surface area (Å²) in [5.74, 6) is 0.387. The molecule has 0 bridgehead atoms. The highest BCUT2D eigenvalue weighted by Crippen LogP contribution is 2.30. The van der Waals surface area contributed by atoms with Crippen molar-refractivity contribution in [2.75, 3.05) is 0 Å². The zero-order valence-electron chi connectivity index (χ0n) is 10.1. The molecule has 0 amide bonds. The summed E-state index contributed by atoms with van der Waals surface area (Å²) in [6.45, 7) is 0.0162. The second-order valence-corrected chi connectivity index (χ2v) is 6.37. The lowest BCUT2D eigenvalue weighted by Crippen LogP contribution is -2.23. The molecule has 0 atom stereocenters. The molecular weight excluding hydrogens is 325 g/mol. The number of rotatable bonds is 5. The first kappa shape index (κ1) is 15.3. The number of nitrogens with zero attached hydrogens (tertiary/aromatic N) is 1. The predicted molar refractivity (Wildman–Crippen MR) is 74.9 cm³/mol. The van der Waals surface area contributed by atoms with Crippen LogP contribution in [0.4, 0.5) is 0 Å². The summed E-state index contributed by atoms with van der Waals surface area (Å²) in [6, 6.07) is 4.32. The number of nitrogens with one attached hydrogen (secondary N) is 1. The minimum absolute atomic E-state index is 0.0186. The van der Waals surface area contributed by atoms with Crippen LogP contribution in [0.1, 0.15) is 11.3 Å². The third-order valence-corrected chi connectivity index (χ3v) is 4.91. The molecule has 2 rings (SSSR count). The highest BCUT2D eigenvalue weighted by atomic mass is 35.5. The van der Waals surface area contributed by atoms with Gasteiger partial charge in [0.1, 0.15) is 4.90 Å². The summed E-state index contributed by atoms with van der Waals surface area (Å²) >= 11 is 11.9. The predicted octanol–water partition coefficient (Wildman–Crippen LogP) is 1.92. The van der Waals surface area contributed by atoms with Crippen molar-refractivity contribution >= 4 is 33.2 Å². The minimum atomic E-state index is -3.80. The summed E-state index contributed by atoms with van der Waals surface area (Å²) in [4.78, 5) is -0.0801. The van der Waals surface area contributed by atoms with Crippen LogP contribution in [-0.2, 0) is 23.1 Å². The van der Waals surface area contributed by atoms with E-state index in [4.69, 9.17) is 33.5 Å². The molecule has 1 heterocycles. The fraction of sp³-hybridized carbons (Fsp3) is 0.182. The Morgan fingerprint density at radius 3 is 2.65 bits per heavy atom. The van der Waals surface area contributed by atoms with Gasteiger partial charge in [0.2, 0.25) is 10.0 Å². The number of benzene rings is 1. The van der Waals surface area contributed by atoms with Gasteiger partial charge in [-0.15, -0.1) is 0 Å². The standard InChI is InChI=1S/C11H11Cl2N3O3S/c12-9-1-2-10(11(13)8(9)5-14)20(17,18)16-6-7-3-4-15-19-7/h1-4,16H,5-6,14H2. The highest BCUT2D eigenvalue weighted by Gasteiger charge is 2.21. The van der Waals surface area contributed by atoms with Crippen molar-refractivity contribution in [1.82, 2.24) is 9.88 Å². The number of halogens is 2. The van der Waals surface area contributed by atoms with E-state index in [1.807, 2.05) is 0 Å². The summed E-state index contributed by atoms with van der Waals surface area (Å²) in [5.41, 5.74) is 5.89. The Hall–Kier alpha value is -1.12. The second-order valence-electron chi connectivity index (χ2n) is 3.85. The average Bonchev–Trinajstić information content (AvgIpc) is 2.90. The first-order chi connectivity index (χ1) is 9.45. The van der Waals surface area contributed by atoms with Gasteiger partial charge in [-0.05, 0) is 12.1 Å². The quantitative estimate of drug-likeness (QED) is 0.869. The van der Waals surface area contributed by atoms with Crippen LogP contribution in [0.15, 0.2) is 33.8 Å². The topological polar surface area (TPSA) is 98.2 Å². The van der Waals surface area contributed by atoms with Crippen LogP contribution in [0.5, 0.6) is 0 Å². The molecule has 108 valence electrons. The fourth-order valence-corrected chi connectivity index (χ4v) is 3.47. The van der Waals surface area contributed by atoms with Gasteiger partial charge in [-0.2, -0.15) is 0 Å². The Morgan fingerprint density at radius 1 is 1.30 bits per heavy atom. The van der Waals surface area contributed by atoms with E-state index < -0.39 is 10.0 Å². The maximum Gasteiger partial charge on any atom is 0.242 e. The normalized spacial score (nSPS) is 11.8. The molecule has 0 radical (unpaired) electrons. The second kappa shape index (κ2) is 6.11. The molecule has 20 heavy (non-hydrogen) atoms. The van der Waals surface area contributed by atoms with Gasteiger partial charge in [0.15, 0.2) is 5.76 Å². The largest absolute Gasteiger partial charge is 0.360 e. The third-order valence-electron chi connectivity index (χ3n) is 2.57. The van der Waals surface area contributed by atoms with Crippen LogP contribution in [0.25, 0.3) is 0 Å². The van der Waals surface area contributed by atoms with Gasteiger partial charge in [-0.25, -0.2) is 13.1 Å². The van der Waals surface area contributed by atoms with Crippen molar-refractivity contribution in [3.8, 4) is 0 Å². The van der Waals surface area contributed by atoms with E-state index in [9.17, 15) is 8.42 Å². The number of hydrogen-bond acceptors (Lipinski definition) is 5. The van der Waals surface area contributed by atoms with E-state index in [0.29, 0.717) is 16.3 Å². The van der Waals surface area contributed by atoms with Crippen LogP contribution >= 0.6 is 23.2 Å². The number of nitrogens with two attached hydrogens (primary N) is 1. The van der Waals surface area contributed by atoms with Gasteiger partial charge in [0, 0.05) is 23.2 Å². The SMILES string of the molecule is NCc1c(Cl)ccc(S(=O)(=O)NCc2ccno2)c1Cl. The molecule has 1 aromatic heterocycles. The first-order valence-electron chi connectivity index (χ1n) is 5.52. The van der Waals surface area contributed by atoms with E-state index in [-0.39, 0.29) is 23.0 Å². The molecule has 0 unspecified atom stereocenters. The molecular formula is C11H11Cl2N3O3S. The number of sulfonamides is 1. The Bertz CT molecular complexity index is 702. The Kier molecular flexibility index (Phi) is 4.66. The molecule has 2 aromatic rings. The summed E-state index contributed by atoms with van der Waals surface area (Å²) < 4.78 is 31.5. The fourth-order valence-electron chi connectivity index (χ4n) is 1.55. The molecule has 0 saturated carbocycles. The van der Waals surface area contributed by atoms with Crippen molar-refractivity contribution in [1.29, 1.82) is 0 Å². The molecule has 9 heteroatoms. The molecule has 3 N–H and O–H groups in total. The maximum atomic E-state index is 12.2. The van der Waals surface area contributed by atoms with Crippen LogP contribution in [0, 0.1) is 0 Å². The van der Waals surface area contributed by atoms with Crippen molar-refractivity contribution in [3.05, 3.63) is 45.8 Å². The van der Waals surface area contributed by atoms with Gasteiger partial charge in [0.25, 0.3) is 0 Å². The molecule has 0 aliphatic rings. The lowest BCUT2D eigenvalue weighted by Gasteiger charge is -2.11. The number of hydrogen-bond donors (Lipinski definition) is 2. The van der Waals surface area contributed by atoms with Gasteiger partial charge in [0.05, 0.1) is 17.8 Å². The van der Waals surface area contributed by atoms with Crippen LogP contribution in [0.3, 0.4) is 0 Å². The molecule has 0 saturated heterocycles. The zero-order chi connectivity index (χ0) is 14.8. The van der Waals surface area contributed by atoms with Crippen LogP contribution < -0.4 is 10.5 Å². The van der Waals surface area contributed by atoms with Gasteiger partial charge in [-0.1, -0.05) is 28.4 Å². The highest BCUT2D eigenvalue weighted by molar-refractivity contribution is 7.89. The van der Waals surface area contributed by atoms with E-state index >= 15 is 0 Å². The molecule has 0 fully saturated rings. The molecule has 0 aliphatic heterocycles. The zero-order valence-corrected chi connectivity index (χ0v) is 12.5. The first-order valence-corrected chi connectivity index (χ1v) is 7.76. The lowest BCUT2D eigenvalue weighted by molar-refractivity contribution is 0.380. The molecule has 1 aromatic carbocycles. The number of aromatic nitrogens is 1. The van der Waals surface area contributed by atoms with E-state index in [2.05, 4.69) is 9.88 Å². The van der Waals surface area contributed by atoms with E-state index in [1.165, 1.54) is 18.3 Å². The lowest BCUT2D eigenvalue weighted by atomic mass is 10.2.